The van der Waals surface area contributed by atoms with Crippen LogP contribution >= 0.6 is 0 Å². The van der Waals surface area contributed by atoms with E-state index in [0.29, 0.717) is 12.5 Å². The van der Waals surface area contributed by atoms with E-state index in [1.807, 2.05) is 37.3 Å². The molecule has 0 N–H and O–H groups in total. The van der Waals surface area contributed by atoms with Gasteiger partial charge in [-0.15, -0.1) is 0 Å². The Kier molecular flexibility index (Phi) is 4.27. The quantitative estimate of drug-likeness (QED) is 0.823. The average Bonchev–Trinajstić information content (AvgIpc) is 3.38. The molecule has 0 radical (unpaired) electrons. The van der Waals surface area contributed by atoms with E-state index in [9.17, 15) is 8.42 Å². The third-order valence-electron chi connectivity index (χ3n) is 4.18. The number of hydrogen-bond acceptors (Lipinski definition) is 3. The molecule has 1 atom stereocenters. The van der Waals surface area contributed by atoms with Crippen molar-refractivity contribution in [1.82, 2.24) is 9.29 Å². The van der Waals surface area contributed by atoms with Crippen LogP contribution in [0.1, 0.15) is 25.3 Å². The average molecular weight is 316 g/mol. The molecule has 1 saturated carbocycles. The Balaban J connectivity index is 1.94. The summed E-state index contributed by atoms with van der Waals surface area (Å²) in [6, 6.07) is 13.0. The Morgan fingerprint density at radius 2 is 1.91 bits per heavy atom. The van der Waals surface area contributed by atoms with Crippen LogP contribution in [-0.4, -0.2) is 23.7 Å². The minimum Gasteiger partial charge on any atom is -0.263 e. The SMILES string of the molecule is CC(C1CC1)N(Cc1ccccc1)S(=O)(=O)c1cccnc1. The highest BCUT2D eigenvalue weighted by Gasteiger charge is 2.38. The van der Waals surface area contributed by atoms with Crippen LogP contribution in [0.3, 0.4) is 0 Å². The van der Waals surface area contributed by atoms with Crippen molar-refractivity contribution >= 4 is 10.0 Å². The largest absolute Gasteiger partial charge is 0.263 e. The highest BCUT2D eigenvalue weighted by Crippen LogP contribution is 2.37. The van der Waals surface area contributed by atoms with E-state index >= 15 is 0 Å². The number of rotatable bonds is 6. The first-order valence-corrected chi connectivity index (χ1v) is 8.99. The maximum absolute atomic E-state index is 13.0. The fourth-order valence-electron chi connectivity index (χ4n) is 2.66. The first-order valence-electron chi connectivity index (χ1n) is 7.55. The van der Waals surface area contributed by atoms with Gasteiger partial charge in [-0.05, 0) is 43.4 Å². The number of aromatic nitrogens is 1. The first-order chi connectivity index (χ1) is 10.6. The van der Waals surface area contributed by atoms with Crippen molar-refractivity contribution in [2.45, 2.75) is 37.2 Å². The topological polar surface area (TPSA) is 50.3 Å². The molecule has 1 aliphatic carbocycles. The van der Waals surface area contributed by atoms with Crippen LogP contribution in [-0.2, 0) is 16.6 Å². The standard InChI is InChI=1S/C17H20N2O2S/c1-14(16-9-10-16)19(13-15-6-3-2-4-7-15)22(20,21)17-8-5-11-18-12-17/h2-8,11-12,14,16H,9-10,13H2,1H3. The fraction of sp³-hybridized carbons (Fsp3) is 0.353. The van der Waals surface area contributed by atoms with Gasteiger partial charge in [0.05, 0.1) is 0 Å². The Morgan fingerprint density at radius 1 is 1.18 bits per heavy atom. The molecular weight excluding hydrogens is 296 g/mol. The van der Waals surface area contributed by atoms with Gasteiger partial charge in [0.2, 0.25) is 10.0 Å². The Labute approximate surface area is 131 Å². The maximum Gasteiger partial charge on any atom is 0.245 e. The minimum absolute atomic E-state index is 0.00501. The molecule has 1 aliphatic rings. The molecule has 5 heteroatoms. The van der Waals surface area contributed by atoms with E-state index in [-0.39, 0.29) is 10.9 Å². The summed E-state index contributed by atoms with van der Waals surface area (Å²) in [6.45, 7) is 2.41. The van der Waals surface area contributed by atoms with E-state index in [4.69, 9.17) is 0 Å². The van der Waals surface area contributed by atoms with Gasteiger partial charge < -0.3 is 0 Å². The van der Waals surface area contributed by atoms with Crippen LogP contribution in [0.5, 0.6) is 0 Å². The number of nitrogens with zero attached hydrogens (tertiary/aromatic N) is 2. The molecule has 1 aromatic heterocycles. The normalized spacial score (nSPS) is 16.6. The van der Waals surface area contributed by atoms with Crippen LogP contribution < -0.4 is 0 Å². The van der Waals surface area contributed by atoms with Crippen LogP contribution in [0.15, 0.2) is 59.8 Å². The highest BCUT2D eigenvalue weighted by molar-refractivity contribution is 7.89. The van der Waals surface area contributed by atoms with Crippen LogP contribution in [0, 0.1) is 5.92 Å². The number of benzene rings is 1. The zero-order chi connectivity index (χ0) is 15.6. The van der Waals surface area contributed by atoms with Gasteiger partial charge in [0.1, 0.15) is 4.90 Å². The number of pyridine rings is 1. The molecular formula is C17H20N2O2S. The lowest BCUT2D eigenvalue weighted by atomic mass is 10.2. The molecule has 0 saturated heterocycles. The highest BCUT2D eigenvalue weighted by atomic mass is 32.2. The molecule has 1 aromatic carbocycles. The molecule has 0 aliphatic heterocycles. The minimum atomic E-state index is -3.53. The van der Waals surface area contributed by atoms with Crippen LogP contribution in [0.4, 0.5) is 0 Å². The summed E-state index contributed by atoms with van der Waals surface area (Å²) in [7, 11) is -3.53. The molecule has 1 unspecified atom stereocenters. The Morgan fingerprint density at radius 3 is 2.50 bits per heavy atom. The summed E-state index contributed by atoms with van der Waals surface area (Å²) < 4.78 is 27.6. The lowest BCUT2D eigenvalue weighted by Crippen LogP contribution is -2.39. The smallest absolute Gasteiger partial charge is 0.245 e. The van der Waals surface area contributed by atoms with Crippen molar-refractivity contribution in [1.29, 1.82) is 0 Å². The summed E-state index contributed by atoms with van der Waals surface area (Å²) >= 11 is 0. The summed E-state index contributed by atoms with van der Waals surface area (Å²) in [4.78, 5) is 4.22. The van der Waals surface area contributed by atoms with Gasteiger partial charge in [-0.2, -0.15) is 4.31 Å². The van der Waals surface area contributed by atoms with Gasteiger partial charge in [0, 0.05) is 25.0 Å². The molecule has 3 rings (SSSR count). The van der Waals surface area contributed by atoms with Gasteiger partial charge in [-0.3, -0.25) is 4.98 Å². The number of sulfonamides is 1. The second kappa shape index (κ2) is 6.18. The zero-order valence-electron chi connectivity index (χ0n) is 12.6. The van der Waals surface area contributed by atoms with E-state index < -0.39 is 10.0 Å². The summed E-state index contributed by atoms with van der Waals surface area (Å²) in [5.74, 6) is 0.468. The molecule has 4 nitrogen and oxygen atoms in total. The summed E-state index contributed by atoms with van der Waals surface area (Å²) in [6.07, 6.45) is 5.22. The molecule has 2 aromatic rings. The van der Waals surface area contributed by atoms with E-state index in [1.165, 1.54) is 6.20 Å². The van der Waals surface area contributed by atoms with Gasteiger partial charge in [0.15, 0.2) is 0 Å². The molecule has 22 heavy (non-hydrogen) atoms. The van der Waals surface area contributed by atoms with Crippen molar-refractivity contribution in [3.05, 3.63) is 60.4 Å². The molecule has 0 bridgehead atoms. The third-order valence-corrected chi connectivity index (χ3v) is 6.10. The van der Waals surface area contributed by atoms with Gasteiger partial charge >= 0.3 is 0 Å². The molecule has 0 spiro atoms. The van der Waals surface area contributed by atoms with E-state index in [0.717, 1.165) is 18.4 Å². The van der Waals surface area contributed by atoms with Crippen LogP contribution in [0.2, 0.25) is 0 Å². The Bertz CT molecular complexity index is 713. The number of hydrogen-bond donors (Lipinski definition) is 0. The van der Waals surface area contributed by atoms with Crippen molar-refractivity contribution in [3.8, 4) is 0 Å². The summed E-state index contributed by atoms with van der Waals surface area (Å²) in [5, 5.41) is 0. The Hall–Kier alpha value is -1.72. The predicted octanol–water partition coefficient (Wildman–Crippen LogP) is 3.07. The van der Waals surface area contributed by atoms with Crippen molar-refractivity contribution < 1.29 is 8.42 Å². The van der Waals surface area contributed by atoms with E-state index in [2.05, 4.69) is 4.98 Å². The molecule has 0 amide bonds. The lowest BCUT2D eigenvalue weighted by molar-refractivity contribution is 0.303. The maximum atomic E-state index is 13.0. The summed E-state index contributed by atoms with van der Waals surface area (Å²) in [5.41, 5.74) is 1.00. The second-order valence-electron chi connectivity index (χ2n) is 5.80. The van der Waals surface area contributed by atoms with Crippen molar-refractivity contribution in [2.24, 2.45) is 5.92 Å². The molecule has 116 valence electrons. The van der Waals surface area contributed by atoms with Crippen molar-refractivity contribution in [2.75, 3.05) is 0 Å². The molecule has 1 fully saturated rings. The first kappa shape index (κ1) is 15.2. The third kappa shape index (κ3) is 3.20. The van der Waals surface area contributed by atoms with Gasteiger partial charge in [-0.1, -0.05) is 30.3 Å². The van der Waals surface area contributed by atoms with Gasteiger partial charge in [-0.25, -0.2) is 8.42 Å². The lowest BCUT2D eigenvalue weighted by Gasteiger charge is -2.28. The fourth-order valence-corrected chi connectivity index (χ4v) is 4.30. The van der Waals surface area contributed by atoms with Crippen LogP contribution in [0.25, 0.3) is 0 Å². The molecule has 1 heterocycles. The van der Waals surface area contributed by atoms with E-state index in [1.54, 1.807) is 22.6 Å². The predicted molar refractivity (Wildman–Crippen MR) is 85.6 cm³/mol. The van der Waals surface area contributed by atoms with Gasteiger partial charge in [0.25, 0.3) is 0 Å². The van der Waals surface area contributed by atoms with Crippen molar-refractivity contribution in [3.63, 3.8) is 0 Å². The zero-order valence-corrected chi connectivity index (χ0v) is 13.4. The second-order valence-corrected chi connectivity index (χ2v) is 7.69. The monoisotopic (exact) mass is 316 g/mol.